The molecule has 0 fully saturated rings. The fourth-order valence-corrected chi connectivity index (χ4v) is 2.47. The van der Waals surface area contributed by atoms with Gasteiger partial charge in [-0.3, -0.25) is 4.98 Å². The Bertz CT molecular complexity index is 234. The number of rotatable bonds is 8. The van der Waals surface area contributed by atoms with E-state index in [9.17, 15) is 0 Å². The Balaban J connectivity index is 2.29. The van der Waals surface area contributed by atoms with Crippen molar-refractivity contribution in [3.8, 4) is 0 Å². The predicted molar refractivity (Wildman–Crippen MR) is 67.4 cm³/mol. The van der Waals surface area contributed by atoms with Gasteiger partial charge in [0.25, 0.3) is 0 Å². The third-order valence-electron chi connectivity index (χ3n) is 2.58. The van der Waals surface area contributed by atoms with Gasteiger partial charge in [0.05, 0.1) is 5.51 Å². The van der Waals surface area contributed by atoms with Gasteiger partial charge >= 0.3 is 0 Å². The van der Waals surface area contributed by atoms with E-state index in [-0.39, 0.29) is 0 Å². The average Bonchev–Trinajstić information content (AvgIpc) is 2.71. The Morgan fingerprint density at radius 2 is 2.27 bits per heavy atom. The lowest BCUT2D eigenvalue weighted by Crippen LogP contribution is -2.30. The van der Waals surface area contributed by atoms with Crippen LogP contribution in [0, 0.1) is 0 Å². The molecule has 1 N–H and O–H groups in total. The third kappa shape index (κ3) is 5.28. The molecule has 1 atom stereocenters. The Morgan fingerprint density at radius 1 is 1.40 bits per heavy atom. The minimum absolute atomic E-state index is 0.641. The monoisotopic (exact) mass is 226 g/mol. The molecule has 0 amide bonds. The van der Waals surface area contributed by atoms with Gasteiger partial charge in [-0.15, -0.1) is 11.3 Å². The van der Waals surface area contributed by atoms with Gasteiger partial charge in [0.15, 0.2) is 0 Å². The van der Waals surface area contributed by atoms with Crippen LogP contribution in [0.1, 0.15) is 44.4 Å². The van der Waals surface area contributed by atoms with Gasteiger partial charge in [0.1, 0.15) is 0 Å². The maximum Gasteiger partial charge on any atom is 0.0794 e. The van der Waals surface area contributed by atoms with Crippen molar-refractivity contribution in [2.45, 2.75) is 52.0 Å². The van der Waals surface area contributed by atoms with Crippen molar-refractivity contribution in [2.75, 3.05) is 6.54 Å². The highest BCUT2D eigenvalue weighted by atomic mass is 32.1. The minimum atomic E-state index is 0.641. The fourth-order valence-electron chi connectivity index (χ4n) is 1.79. The standard InChI is InChI=1S/C12H22N2S/c1-3-5-6-7-11(14-4-2)8-12-9-13-10-15-12/h9-11,14H,3-8H2,1-2H3. The first-order valence-corrected chi connectivity index (χ1v) is 6.85. The maximum absolute atomic E-state index is 4.12. The Labute approximate surface area is 97.1 Å². The van der Waals surface area contributed by atoms with Crippen LogP contribution in [-0.2, 0) is 6.42 Å². The first-order valence-electron chi connectivity index (χ1n) is 5.97. The maximum atomic E-state index is 4.12. The second-order valence-corrected chi connectivity index (χ2v) is 4.89. The predicted octanol–water partition coefficient (Wildman–Crippen LogP) is 3.24. The van der Waals surface area contributed by atoms with Gasteiger partial charge in [-0.2, -0.15) is 0 Å². The number of thiazole rings is 1. The van der Waals surface area contributed by atoms with Gasteiger partial charge in [0, 0.05) is 17.1 Å². The molecule has 1 heterocycles. The van der Waals surface area contributed by atoms with Crippen LogP contribution in [0.4, 0.5) is 0 Å². The van der Waals surface area contributed by atoms with Gasteiger partial charge in [-0.25, -0.2) is 0 Å². The average molecular weight is 226 g/mol. The quantitative estimate of drug-likeness (QED) is 0.688. The molecule has 0 aromatic carbocycles. The molecule has 0 saturated carbocycles. The smallest absolute Gasteiger partial charge is 0.0794 e. The SMILES string of the molecule is CCCCCC(Cc1cncs1)NCC. The Hall–Kier alpha value is -0.410. The van der Waals surface area contributed by atoms with Crippen LogP contribution < -0.4 is 5.32 Å². The first-order chi connectivity index (χ1) is 7.36. The van der Waals surface area contributed by atoms with E-state index in [0.29, 0.717) is 6.04 Å². The molecule has 0 saturated heterocycles. The molecule has 1 aromatic rings. The number of likely N-dealkylation sites (N-methyl/N-ethyl adjacent to an activating group) is 1. The lowest BCUT2D eigenvalue weighted by atomic mass is 10.0. The number of unbranched alkanes of at least 4 members (excludes halogenated alkanes) is 2. The summed E-state index contributed by atoms with van der Waals surface area (Å²) < 4.78 is 0. The molecule has 0 bridgehead atoms. The summed E-state index contributed by atoms with van der Waals surface area (Å²) in [6.07, 6.45) is 8.42. The Morgan fingerprint density at radius 3 is 2.87 bits per heavy atom. The van der Waals surface area contributed by atoms with Crippen molar-refractivity contribution in [1.29, 1.82) is 0 Å². The lowest BCUT2D eigenvalue weighted by molar-refractivity contribution is 0.469. The molecule has 3 heteroatoms. The summed E-state index contributed by atoms with van der Waals surface area (Å²) in [4.78, 5) is 5.52. The van der Waals surface area contributed by atoms with E-state index in [0.717, 1.165) is 13.0 Å². The van der Waals surface area contributed by atoms with Crippen LogP contribution in [0.2, 0.25) is 0 Å². The number of nitrogens with one attached hydrogen (secondary N) is 1. The van der Waals surface area contributed by atoms with Crippen molar-refractivity contribution in [2.24, 2.45) is 0 Å². The summed E-state index contributed by atoms with van der Waals surface area (Å²) >= 11 is 1.77. The molecule has 1 aromatic heterocycles. The molecule has 2 nitrogen and oxygen atoms in total. The zero-order valence-electron chi connectivity index (χ0n) is 9.83. The van der Waals surface area contributed by atoms with Crippen LogP contribution >= 0.6 is 11.3 Å². The summed E-state index contributed by atoms with van der Waals surface area (Å²) in [5.74, 6) is 0. The highest BCUT2D eigenvalue weighted by Gasteiger charge is 2.08. The van der Waals surface area contributed by atoms with Crippen molar-refractivity contribution < 1.29 is 0 Å². The van der Waals surface area contributed by atoms with Crippen LogP contribution in [0.25, 0.3) is 0 Å². The van der Waals surface area contributed by atoms with Gasteiger partial charge in [-0.1, -0.05) is 33.1 Å². The van der Waals surface area contributed by atoms with Crippen molar-refractivity contribution in [3.63, 3.8) is 0 Å². The van der Waals surface area contributed by atoms with E-state index in [2.05, 4.69) is 24.1 Å². The van der Waals surface area contributed by atoms with Crippen LogP contribution in [0.3, 0.4) is 0 Å². The van der Waals surface area contributed by atoms with Crippen molar-refractivity contribution >= 4 is 11.3 Å². The molecule has 0 aliphatic heterocycles. The van der Waals surface area contributed by atoms with E-state index in [1.54, 1.807) is 11.3 Å². The number of hydrogen-bond acceptors (Lipinski definition) is 3. The summed E-state index contributed by atoms with van der Waals surface area (Å²) in [6.45, 7) is 5.50. The molecule has 0 aliphatic carbocycles. The second-order valence-electron chi connectivity index (χ2n) is 3.92. The lowest BCUT2D eigenvalue weighted by Gasteiger charge is -2.16. The first kappa shape index (κ1) is 12.7. The largest absolute Gasteiger partial charge is 0.314 e. The summed E-state index contributed by atoms with van der Waals surface area (Å²) in [5.41, 5.74) is 1.92. The van der Waals surface area contributed by atoms with Crippen LogP contribution in [0.5, 0.6) is 0 Å². The number of aromatic nitrogens is 1. The minimum Gasteiger partial charge on any atom is -0.314 e. The third-order valence-corrected chi connectivity index (χ3v) is 3.38. The molecule has 0 spiro atoms. The summed E-state index contributed by atoms with van der Waals surface area (Å²) in [6, 6.07) is 0.641. The topological polar surface area (TPSA) is 24.9 Å². The number of hydrogen-bond donors (Lipinski definition) is 1. The molecular formula is C12H22N2S. The molecule has 86 valence electrons. The summed E-state index contributed by atoms with van der Waals surface area (Å²) in [7, 11) is 0. The van der Waals surface area contributed by atoms with E-state index in [1.165, 1.54) is 30.6 Å². The Kier molecular flexibility index (Phi) is 6.60. The fraction of sp³-hybridized carbons (Fsp3) is 0.750. The molecule has 15 heavy (non-hydrogen) atoms. The zero-order chi connectivity index (χ0) is 10.9. The molecular weight excluding hydrogens is 204 g/mol. The molecule has 1 rings (SSSR count). The highest BCUT2D eigenvalue weighted by Crippen LogP contribution is 2.12. The van der Waals surface area contributed by atoms with Gasteiger partial charge < -0.3 is 5.32 Å². The van der Waals surface area contributed by atoms with Crippen molar-refractivity contribution in [1.82, 2.24) is 10.3 Å². The van der Waals surface area contributed by atoms with Crippen molar-refractivity contribution in [3.05, 3.63) is 16.6 Å². The second kappa shape index (κ2) is 7.83. The van der Waals surface area contributed by atoms with E-state index < -0.39 is 0 Å². The van der Waals surface area contributed by atoms with E-state index in [1.807, 2.05) is 11.7 Å². The zero-order valence-corrected chi connectivity index (χ0v) is 10.6. The van der Waals surface area contributed by atoms with E-state index >= 15 is 0 Å². The molecule has 0 aliphatic rings. The van der Waals surface area contributed by atoms with Gasteiger partial charge in [-0.05, 0) is 19.4 Å². The van der Waals surface area contributed by atoms with Crippen LogP contribution in [0.15, 0.2) is 11.7 Å². The highest BCUT2D eigenvalue weighted by molar-refractivity contribution is 7.09. The van der Waals surface area contributed by atoms with Gasteiger partial charge in [0.2, 0.25) is 0 Å². The van der Waals surface area contributed by atoms with Crippen LogP contribution in [-0.4, -0.2) is 17.6 Å². The van der Waals surface area contributed by atoms with E-state index in [4.69, 9.17) is 0 Å². The normalized spacial score (nSPS) is 12.9. The molecule has 1 unspecified atom stereocenters. The number of nitrogens with zero attached hydrogens (tertiary/aromatic N) is 1. The molecule has 0 radical (unpaired) electrons. The summed E-state index contributed by atoms with van der Waals surface area (Å²) in [5, 5.41) is 3.56.